The number of rotatable bonds is 3. The van der Waals surface area contributed by atoms with Gasteiger partial charge in [0.1, 0.15) is 0 Å². The van der Waals surface area contributed by atoms with E-state index in [1.165, 1.54) is 0 Å². The molecule has 0 radical (unpaired) electrons. The van der Waals surface area contributed by atoms with E-state index in [-0.39, 0.29) is 6.10 Å². The first-order valence-corrected chi connectivity index (χ1v) is 5.01. The maximum Gasteiger partial charge on any atom is 0.0579 e. The monoisotopic (exact) mass is 218 g/mol. The summed E-state index contributed by atoms with van der Waals surface area (Å²) in [6.45, 7) is 1.93. The van der Waals surface area contributed by atoms with Crippen LogP contribution in [0.25, 0.3) is 0 Å². The average Bonchev–Trinajstić information content (AvgIpc) is 2.11. The van der Waals surface area contributed by atoms with Gasteiger partial charge in [-0.1, -0.05) is 36.2 Å². The van der Waals surface area contributed by atoms with Crippen LogP contribution >= 0.6 is 23.2 Å². The van der Waals surface area contributed by atoms with E-state index in [4.69, 9.17) is 23.2 Å². The molecule has 1 unspecified atom stereocenters. The van der Waals surface area contributed by atoms with Crippen LogP contribution in [0.3, 0.4) is 0 Å². The van der Waals surface area contributed by atoms with Gasteiger partial charge in [0.2, 0.25) is 0 Å². The molecule has 0 heterocycles. The number of aliphatic hydroxyl groups excluding tert-OH is 1. The highest BCUT2D eigenvalue weighted by Crippen LogP contribution is 2.25. The number of aliphatic hydroxyl groups is 1. The molecule has 0 fully saturated rings. The van der Waals surface area contributed by atoms with Crippen molar-refractivity contribution >= 4 is 23.2 Å². The molecule has 0 aliphatic heterocycles. The van der Waals surface area contributed by atoms with E-state index in [9.17, 15) is 5.11 Å². The molecule has 0 aliphatic carbocycles. The summed E-state index contributed by atoms with van der Waals surface area (Å²) in [4.78, 5) is 0. The highest BCUT2D eigenvalue weighted by molar-refractivity contribution is 6.35. The van der Waals surface area contributed by atoms with Gasteiger partial charge in [0.05, 0.1) is 6.10 Å². The molecule has 0 saturated heterocycles. The van der Waals surface area contributed by atoms with Crippen LogP contribution in [-0.4, -0.2) is 11.2 Å². The summed E-state index contributed by atoms with van der Waals surface area (Å²) in [7, 11) is 0. The van der Waals surface area contributed by atoms with Gasteiger partial charge in [-0.25, -0.2) is 0 Å². The van der Waals surface area contributed by atoms with E-state index in [1.54, 1.807) is 18.2 Å². The zero-order chi connectivity index (χ0) is 9.84. The Morgan fingerprint density at radius 2 is 1.85 bits per heavy atom. The molecule has 0 bridgehead atoms. The third-order valence-corrected chi connectivity index (χ3v) is 2.68. The minimum atomic E-state index is -0.364. The summed E-state index contributed by atoms with van der Waals surface area (Å²) in [6.07, 6.45) is 0.869. The second-order valence-corrected chi connectivity index (χ2v) is 3.78. The van der Waals surface area contributed by atoms with E-state index >= 15 is 0 Å². The number of benzene rings is 1. The fraction of sp³-hybridized carbons (Fsp3) is 0.400. The lowest BCUT2D eigenvalue weighted by Crippen LogP contribution is -2.09. The zero-order valence-corrected chi connectivity index (χ0v) is 8.94. The maximum absolute atomic E-state index is 9.44. The van der Waals surface area contributed by atoms with Gasteiger partial charge in [0.15, 0.2) is 0 Å². The van der Waals surface area contributed by atoms with Crippen molar-refractivity contribution in [1.82, 2.24) is 0 Å². The van der Waals surface area contributed by atoms with Gasteiger partial charge in [0.25, 0.3) is 0 Å². The van der Waals surface area contributed by atoms with Gasteiger partial charge < -0.3 is 5.11 Å². The lowest BCUT2D eigenvalue weighted by molar-refractivity contribution is 0.171. The molecule has 0 aromatic heterocycles. The standard InChI is InChI=1S/C10H12Cl2O/c1-2-7(13)6-8-9(11)4-3-5-10(8)12/h3-5,7,13H,2,6H2,1H3. The summed E-state index contributed by atoms with van der Waals surface area (Å²) in [6, 6.07) is 5.36. The zero-order valence-electron chi connectivity index (χ0n) is 7.43. The summed E-state index contributed by atoms with van der Waals surface area (Å²) >= 11 is 11.9. The molecule has 72 valence electrons. The molecule has 1 aromatic rings. The first-order chi connectivity index (χ1) is 6.15. The van der Waals surface area contributed by atoms with Crippen molar-refractivity contribution in [2.45, 2.75) is 25.9 Å². The number of halogens is 2. The average molecular weight is 219 g/mol. The van der Waals surface area contributed by atoms with E-state index in [2.05, 4.69) is 0 Å². The smallest absolute Gasteiger partial charge is 0.0579 e. The minimum absolute atomic E-state index is 0.364. The SMILES string of the molecule is CCC(O)Cc1c(Cl)cccc1Cl. The molecule has 0 saturated carbocycles. The molecule has 1 rings (SSSR count). The van der Waals surface area contributed by atoms with Crippen LogP contribution < -0.4 is 0 Å². The van der Waals surface area contributed by atoms with Gasteiger partial charge in [0, 0.05) is 16.5 Å². The van der Waals surface area contributed by atoms with Gasteiger partial charge in [-0.15, -0.1) is 0 Å². The first-order valence-electron chi connectivity index (χ1n) is 4.26. The molecule has 1 N–H and O–H groups in total. The van der Waals surface area contributed by atoms with Crippen molar-refractivity contribution in [3.8, 4) is 0 Å². The molecule has 0 amide bonds. The van der Waals surface area contributed by atoms with E-state index in [1.807, 2.05) is 6.92 Å². The minimum Gasteiger partial charge on any atom is -0.393 e. The third-order valence-electron chi connectivity index (χ3n) is 1.97. The molecule has 0 aliphatic rings. The van der Waals surface area contributed by atoms with Crippen LogP contribution in [0.4, 0.5) is 0 Å². The van der Waals surface area contributed by atoms with Crippen molar-refractivity contribution in [1.29, 1.82) is 0 Å². The molecule has 0 spiro atoms. The van der Waals surface area contributed by atoms with Gasteiger partial charge in [-0.05, 0) is 24.1 Å². The van der Waals surface area contributed by atoms with Crippen molar-refractivity contribution in [2.24, 2.45) is 0 Å². The van der Waals surface area contributed by atoms with Crippen molar-refractivity contribution in [3.63, 3.8) is 0 Å². The predicted octanol–water partition coefficient (Wildman–Crippen LogP) is 3.31. The molecule has 3 heteroatoms. The molecular formula is C10H12Cl2O. The molecular weight excluding hydrogens is 207 g/mol. The van der Waals surface area contributed by atoms with Crippen molar-refractivity contribution < 1.29 is 5.11 Å². The van der Waals surface area contributed by atoms with E-state index in [0.717, 1.165) is 5.56 Å². The van der Waals surface area contributed by atoms with E-state index in [0.29, 0.717) is 22.9 Å². The van der Waals surface area contributed by atoms with Crippen molar-refractivity contribution in [3.05, 3.63) is 33.8 Å². The third kappa shape index (κ3) is 2.87. The molecule has 13 heavy (non-hydrogen) atoms. The Morgan fingerprint density at radius 3 is 2.31 bits per heavy atom. The fourth-order valence-electron chi connectivity index (χ4n) is 1.11. The Hall–Kier alpha value is -0.240. The quantitative estimate of drug-likeness (QED) is 0.826. The Labute approximate surface area is 88.3 Å². The topological polar surface area (TPSA) is 20.2 Å². The Morgan fingerprint density at radius 1 is 1.31 bits per heavy atom. The Bertz CT molecular complexity index is 266. The fourth-order valence-corrected chi connectivity index (χ4v) is 1.66. The maximum atomic E-state index is 9.44. The van der Waals surface area contributed by atoms with Crippen LogP contribution in [0.5, 0.6) is 0 Å². The predicted molar refractivity (Wildman–Crippen MR) is 56.5 cm³/mol. The Kier molecular flexibility index (Phi) is 4.04. The normalized spacial score (nSPS) is 12.9. The van der Waals surface area contributed by atoms with Gasteiger partial charge in [-0.2, -0.15) is 0 Å². The van der Waals surface area contributed by atoms with Crippen molar-refractivity contribution in [2.75, 3.05) is 0 Å². The van der Waals surface area contributed by atoms with Gasteiger partial charge >= 0.3 is 0 Å². The van der Waals surface area contributed by atoms with Crippen LogP contribution in [0.15, 0.2) is 18.2 Å². The second kappa shape index (κ2) is 4.85. The van der Waals surface area contributed by atoms with Crippen LogP contribution in [-0.2, 0) is 6.42 Å². The molecule has 1 nitrogen and oxygen atoms in total. The number of hydrogen-bond acceptors (Lipinski definition) is 1. The summed E-state index contributed by atoms with van der Waals surface area (Å²) in [5.74, 6) is 0. The molecule has 1 aromatic carbocycles. The lowest BCUT2D eigenvalue weighted by Gasteiger charge is -2.10. The van der Waals surface area contributed by atoms with Crippen LogP contribution in [0.1, 0.15) is 18.9 Å². The summed E-state index contributed by atoms with van der Waals surface area (Å²) < 4.78 is 0. The second-order valence-electron chi connectivity index (χ2n) is 2.97. The van der Waals surface area contributed by atoms with Crippen LogP contribution in [0, 0.1) is 0 Å². The summed E-state index contributed by atoms with van der Waals surface area (Å²) in [5.41, 5.74) is 0.834. The Balaban J connectivity index is 2.87. The number of hydrogen-bond donors (Lipinski definition) is 1. The first kappa shape index (κ1) is 10.8. The van der Waals surface area contributed by atoms with E-state index < -0.39 is 0 Å². The van der Waals surface area contributed by atoms with Crippen LogP contribution in [0.2, 0.25) is 10.0 Å². The largest absolute Gasteiger partial charge is 0.393 e. The highest BCUT2D eigenvalue weighted by atomic mass is 35.5. The highest BCUT2D eigenvalue weighted by Gasteiger charge is 2.09. The molecule has 1 atom stereocenters. The summed E-state index contributed by atoms with van der Waals surface area (Å²) in [5, 5.41) is 10.7. The lowest BCUT2D eigenvalue weighted by atomic mass is 10.1. The van der Waals surface area contributed by atoms with Gasteiger partial charge in [-0.3, -0.25) is 0 Å².